The number of morpholine rings is 1. The van der Waals surface area contributed by atoms with Gasteiger partial charge in [-0.25, -0.2) is 27.7 Å². The van der Waals surface area contributed by atoms with Crippen molar-refractivity contribution >= 4 is 33.3 Å². The van der Waals surface area contributed by atoms with Gasteiger partial charge in [0.1, 0.15) is 11.3 Å². The maximum absolute atomic E-state index is 14.3. The van der Waals surface area contributed by atoms with Crippen LogP contribution in [0.3, 0.4) is 0 Å². The molecule has 2 aliphatic heterocycles. The lowest BCUT2D eigenvalue weighted by molar-refractivity contribution is -0.137. The Kier molecular flexibility index (Phi) is 8.28. The number of hydrogen-bond acceptors (Lipinski definition) is 9. The Bertz CT molecular complexity index is 1570. The monoisotopic (exact) mass is 612 g/mol. The zero-order chi connectivity index (χ0) is 30.2. The van der Waals surface area contributed by atoms with Crippen molar-refractivity contribution in [3.05, 3.63) is 35.7 Å². The van der Waals surface area contributed by atoms with Crippen LogP contribution >= 0.6 is 0 Å². The number of anilines is 2. The standard InChI is InChI=1S/C25H31F3N8O5S/c1-3-35(24(37)38)21-13-19(25(26,27)28)18(14-29-21)22-30-23(33-8-10-41-11-9-33)20-12-17(16-36(20)31-22)15-32-4-6-34(7-5-32)42(2,39)40/h12-14,16H,3-11,15H2,1-2H3,(H,37,38). The van der Waals surface area contributed by atoms with Gasteiger partial charge in [0.25, 0.3) is 0 Å². The van der Waals surface area contributed by atoms with E-state index >= 15 is 0 Å². The first kappa shape index (κ1) is 29.9. The lowest BCUT2D eigenvalue weighted by atomic mass is 10.1. The second-order valence-electron chi connectivity index (χ2n) is 10.1. The predicted molar refractivity (Wildman–Crippen MR) is 147 cm³/mol. The minimum atomic E-state index is -4.83. The van der Waals surface area contributed by atoms with Crippen LogP contribution in [0.4, 0.5) is 29.6 Å². The summed E-state index contributed by atoms with van der Waals surface area (Å²) < 4.78 is 75.0. The molecule has 2 saturated heterocycles. The van der Waals surface area contributed by atoms with Crippen molar-refractivity contribution in [1.29, 1.82) is 0 Å². The Morgan fingerprint density at radius 2 is 1.81 bits per heavy atom. The zero-order valence-electron chi connectivity index (χ0n) is 23.1. The number of carboxylic acid groups (broad SMARTS) is 1. The van der Waals surface area contributed by atoms with Crippen molar-refractivity contribution in [1.82, 2.24) is 28.8 Å². The van der Waals surface area contributed by atoms with E-state index in [1.165, 1.54) is 22.0 Å². The van der Waals surface area contributed by atoms with Gasteiger partial charge in [0.2, 0.25) is 10.0 Å². The molecule has 2 fully saturated rings. The topological polar surface area (TPSA) is 137 Å². The van der Waals surface area contributed by atoms with Gasteiger partial charge < -0.3 is 14.7 Å². The average Bonchev–Trinajstić information content (AvgIpc) is 3.35. The largest absolute Gasteiger partial charge is 0.465 e. The summed E-state index contributed by atoms with van der Waals surface area (Å²) in [4.78, 5) is 24.9. The van der Waals surface area contributed by atoms with Crippen molar-refractivity contribution in [2.24, 2.45) is 0 Å². The van der Waals surface area contributed by atoms with Crippen LogP contribution in [-0.4, -0.2) is 114 Å². The van der Waals surface area contributed by atoms with Crippen LogP contribution in [0.1, 0.15) is 18.1 Å². The van der Waals surface area contributed by atoms with Crippen LogP contribution in [0.5, 0.6) is 0 Å². The van der Waals surface area contributed by atoms with E-state index in [-0.39, 0.29) is 23.8 Å². The fourth-order valence-corrected chi connectivity index (χ4v) is 5.95. The minimum absolute atomic E-state index is 0.0853. The van der Waals surface area contributed by atoms with Crippen molar-refractivity contribution in [2.45, 2.75) is 19.6 Å². The van der Waals surface area contributed by atoms with Crippen LogP contribution in [0.25, 0.3) is 16.9 Å². The first-order valence-electron chi connectivity index (χ1n) is 13.3. The molecular formula is C25H31F3N8O5S. The maximum atomic E-state index is 14.3. The molecule has 5 rings (SSSR count). The summed E-state index contributed by atoms with van der Waals surface area (Å²) in [6.45, 7) is 5.52. The van der Waals surface area contributed by atoms with Gasteiger partial charge in [0, 0.05) is 64.8 Å². The molecule has 1 N–H and O–H groups in total. The Balaban J connectivity index is 1.55. The van der Waals surface area contributed by atoms with Crippen molar-refractivity contribution in [2.75, 3.05) is 75.1 Å². The third-order valence-corrected chi connectivity index (χ3v) is 8.58. The summed E-state index contributed by atoms with van der Waals surface area (Å²) in [5.74, 6) is -0.123. The summed E-state index contributed by atoms with van der Waals surface area (Å²) >= 11 is 0. The van der Waals surface area contributed by atoms with Gasteiger partial charge in [-0.05, 0) is 24.6 Å². The molecule has 0 bridgehead atoms. The van der Waals surface area contributed by atoms with E-state index in [2.05, 4.69) is 20.0 Å². The maximum Gasteiger partial charge on any atom is 0.417 e. The lowest BCUT2D eigenvalue weighted by Gasteiger charge is -2.32. The van der Waals surface area contributed by atoms with E-state index in [0.29, 0.717) is 76.4 Å². The van der Waals surface area contributed by atoms with Gasteiger partial charge in [0.15, 0.2) is 11.6 Å². The van der Waals surface area contributed by atoms with Gasteiger partial charge in [-0.3, -0.25) is 9.80 Å². The summed E-state index contributed by atoms with van der Waals surface area (Å²) in [5, 5.41) is 13.8. The number of rotatable bonds is 7. The van der Waals surface area contributed by atoms with E-state index in [0.717, 1.165) is 16.7 Å². The van der Waals surface area contributed by atoms with Gasteiger partial charge in [-0.2, -0.15) is 17.5 Å². The molecule has 0 atom stereocenters. The molecule has 42 heavy (non-hydrogen) atoms. The summed E-state index contributed by atoms with van der Waals surface area (Å²) in [6.07, 6.45) is -2.38. The van der Waals surface area contributed by atoms with E-state index in [1.807, 2.05) is 11.0 Å². The number of aromatic nitrogens is 4. The van der Waals surface area contributed by atoms with E-state index < -0.39 is 27.9 Å². The first-order valence-corrected chi connectivity index (χ1v) is 15.2. The number of alkyl halides is 3. The number of halogens is 3. The zero-order valence-corrected chi connectivity index (χ0v) is 23.9. The highest BCUT2D eigenvalue weighted by molar-refractivity contribution is 7.88. The highest BCUT2D eigenvalue weighted by Crippen LogP contribution is 2.38. The Morgan fingerprint density at radius 1 is 1.12 bits per heavy atom. The molecule has 0 spiro atoms. The number of nitrogens with zero attached hydrogens (tertiary/aromatic N) is 8. The first-order chi connectivity index (χ1) is 19.8. The minimum Gasteiger partial charge on any atom is -0.465 e. The number of ether oxygens (including phenoxy) is 1. The molecule has 0 aromatic carbocycles. The van der Waals surface area contributed by atoms with Gasteiger partial charge in [-0.15, -0.1) is 5.10 Å². The van der Waals surface area contributed by atoms with Gasteiger partial charge >= 0.3 is 12.3 Å². The van der Waals surface area contributed by atoms with Crippen LogP contribution < -0.4 is 9.80 Å². The molecule has 0 saturated carbocycles. The number of pyridine rings is 1. The number of piperazine rings is 1. The molecule has 3 aromatic rings. The molecule has 1 amide bonds. The number of hydrogen-bond donors (Lipinski definition) is 1. The Hall–Kier alpha value is -3.54. The molecule has 228 valence electrons. The van der Waals surface area contributed by atoms with Crippen molar-refractivity contribution in [3.63, 3.8) is 0 Å². The average molecular weight is 613 g/mol. The summed E-state index contributed by atoms with van der Waals surface area (Å²) in [6, 6.07) is 2.58. The van der Waals surface area contributed by atoms with E-state index in [9.17, 15) is 31.5 Å². The molecule has 13 nitrogen and oxygen atoms in total. The molecule has 17 heteroatoms. The Morgan fingerprint density at radius 3 is 2.40 bits per heavy atom. The van der Waals surface area contributed by atoms with E-state index in [4.69, 9.17) is 4.74 Å². The fraction of sp³-hybridized carbons (Fsp3) is 0.520. The predicted octanol–water partition coefficient (Wildman–Crippen LogP) is 2.23. The van der Waals surface area contributed by atoms with Crippen LogP contribution in [0.2, 0.25) is 0 Å². The highest BCUT2D eigenvalue weighted by atomic mass is 32.2. The lowest BCUT2D eigenvalue weighted by Crippen LogP contribution is -2.47. The molecule has 5 heterocycles. The second kappa shape index (κ2) is 11.6. The number of sulfonamides is 1. The molecule has 0 aliphatic carbocycles. The van der Waals surface area contributed by atoms with Crippen LogP contribution in [-0.2, 0) is 27.5 Å². The number of carbonyl (C=O) groups is 1. The number of fused-ring (bicyclic) bond motifs is 1. The third kappa shape index (κ3) is 6.28. The quantitative estimate of drug-likeness (QED) is 0.423. The molecule has 2 aliphatic rings. The second-order valence-corrected chi connectivity index (χ2v) is 12.1. The van der Waals surface area contributed by atoms with Gasteiger partial charge in [-0.1, -0.05) is 0 Å². The highest BCUT2D eigenvalue weighted by Gasteiger charge is 2.37. The smallest absolute Gasteiger partial charge is 0.417 e. The van der Waals surface area contributed by atoms with Crippen molar-refractivity contribution in [3.8, 4) is 11.4 Å². The molecule has 0 radical (unpaired) electrons. The summed E-state index contributed by atoms with van der Waals surface area (Å²) in [5.41, 5.74) is -0.0354. The SMILES string of the molecule is CCN(C(=O)O)c1cc(C(F)(F)F)c(-c2nc(N3CCOCC3)c3cc(CN4CCN(S(C)(=O)=O)CC4)cn3n2)cn1. The number of amides is 1. The molecular weight excluding hydrogens is 581 g/mol. The van der Waals surface area contributed by atoms with Crippen LogP contribution in [0.15, 0.2) is 24.5 Å². The molecule has 3 aromatic heterocycles. The van der Waals surface area contributed by atoms with Gasteiger partial charge in [0.05, 0.1) is 30.6 Å². The van der Waals surface area contributed by atoms with Crippen LogP contribution in [0, 0.1) is 0 Å². The normalized spacial score (nSPS) is 17.6. The van der Waals surface area contributed by atoms with Crippen molar-refractivity contribution < 1.29 is 36.2 Å². The fourth-order valence-electron chi connectivity index (χ4n) is 5.12. The van der Waals surface area contributed by atoms with E-state index in [1.54, 1.807) is 6.20 Å². The Labute approximate surface area is 240 Å². The molecule has 0 unspecified atom stereocenters. The third-order valence-electron chi connectivity index (χ3n) is 7.28. The summed E-state index contributed by atoms with van der Waals surface area (Å²) in [7, 11) is -3.27.